The third kappa shape index (κ3) is 7.85. The van der Waals surface area contributed by atoms with Gasteiger partial charge in [0.05, 0.1) is 5.60 Å². The van der Waals surface area contributed by atoms with Crippen LogP contribution in [0.1, 0.15) is 64.7 Å². The quantitative estimate of drug-likeness (QED) is 0.684. The van der Waals surface area contributed by atoms with Crippen molar-refractivity contribution in [2.24, 2.45) is 5.92 Å². The van der Waals surface area contributed by atoms with E-state index >= 15 is 0 Å². The molecule has 2 N–H and O–H groups in total. The van der Waals surface area contributed by atoms with E-state index < -0.39 is 5.60 Å². The molecule has 1 aliphatic carbocycles. The Morgan fingerprint density at radius 2 is 2.05 bits per heavy atom. The van der Waals surface area contributed by atoms with Gasteiger partial charge in [0.2, 0.25) is 5.91 Å². The number of hydrogen-bond donors (Lipinski definition) is 2. The predicted octanol–water partition coefficient (Wildman–Crippen LogP) is 2.64. The molecule has 1 amide bonds. The summed E-state index contributed by atoms with van der Waals surface area (Å²) in [4.78, 5) is 11.8. The highest BCUT2D eigenvalue weighted by atomic mass is 16.5. The smallest absolute Gasteiger partial charge is 0.220 e. The molecular formula is C16H31NO3. The summed E-state index contributed by atoms with van der Waals surface area (Å²) in [6.45, 7) is 2.54. The van der Waals surface area contributed by atoms with E-state index in [0.29, 0.717) is 26.0 Å². The second-order valence-electron chi connectivity index (χ2n) is 6.41. The average Bonchev–Trinajstić information content (AvgIpc) is 2.44. The largest absolute Gasteiger partial charge is 0.388 e. The number of rotatable bonds is 9. The Labute approximate surface area is 123 Å². The van der Waals surface area contributed by atoms with Gasteiger partial charge in [-0.3, -0.25) is 4.79 Å². The van der Waals surface area contributed by atoms with E-state index in [9.17, 15) is 9.90 Å². The van der Waals surface area contributed by atoms with Crippen LogP contribution in [0, 0.1) is 5.92 Å². The molecule has 0 radical (unpaired) electrons. The van der Waals surface area contributed by atoms with Crippen molar-refractivity contribution in [3.8, 4) is 0 Å². The molecule has 1 atom stereocenters. The fourth-order valence-electron chi connectivity index (χ4n) is 2.81. The molecule has 1 fully saturated rings. The van der Waals surface area contributed by atoms with Crippen LogP contribution < -0.4 is 5.32 Å². The number of carbonyl (C=O) groups is 1. The van der Waals surface area contributed by atoms with Crippen molar-refractivity contribution in [1.82, 2.24) is 5.32 Å². The van der Waals surface area contributed by atoms with Gasteiger partial charge in [0.1, 0.15) is 0 Å². The van der Waals surface area contributed by atoms with Crippen molar-refractivity contribution in [2.45, 2.75) is 70.3 Å². The zero-order chi connectivity index (χ0) is 14.8. The van der Waals surface area contributed by atoms with E-state index in [1.165, 1.54) is 38.5 Å². The Hall–Kier alpha value is -0.610. The van der Waals surface area contributed by atoms with Crippen molar-refractivity contribution >= 4 is 5.91 Å². The standard InChI is InChI=1S/C16H31NO3/c1-16(19,11-12-20-2)13-17-15(18)10-6-9-14-7-4-3-5-8-14/h14,19H,3-13H2,1-2H3,(H,17,18). The van der Waals surface area contributed by atoms with Crippen LogP contribution in [0.3, 0.4) is 0 Å². The van der Waals surface area contributed by atoms with E-state index in [0.717, 1.165) is 12.3 Å². The molecule has 0 heterocycles. The number of aliphatic hydroxyl groups is 1. The lowest BCUT2D eigenvalue weighted by molar-refractivity contribution is -0.122. The zero-order valence-corrected chi connectivity index (χ0v) is 13.1. The molecule has 0 spiro atoms. The Balaban J connectivity index is 2.07. The normalized spacial score (nSPS) is 19.6. The van der Waals surface area contributed by atoms with Crippen LogP contribution in [0.5, 0.6) is 0 Å². The third-order valence-corrected chi connectivity index (χ3v) is 4.25. The van der Waals surface area contributed by atoms with Crippen LogP contribution >= 0.6 is 0 Å². The van der Waals surface area contributed by atoms with Gasteiger partial charge < -0.3 is 15.2 Å². The van der Waals surface area contributed by atoms with Gasteiger partial charge >= 0.3 is 0 Å². The van der Waals surface area contributed by atoms with Crippen LogP contribution in [0.15, 0.2) is 0 Å². The molecular weight excluding hydrogens is 254 g/mol. The second-order valence-corrected chi connectivity index (χ2v) is 6.41. The minimum atomic E-state index is -0.880. The maximum atomic E-state index is 11.8. The summed E-state index contributed by atoms with van der Waals surface area (Å²) < 4.78 is 4.94. The number of ether oxygens (including phenoxy) is 1. The van der Waals surface area contributed by atoms with E-state index in [2.05, 4.69) is 5.32 Å². The second kappa shape index (κ2) is 9.35. The van der Waals surface area contributed by atoms with Crippen LogP contribution in [0.25, 0.3) is 0 Å². The minimum Gasteiger partial charge on any atom is -0.388 e. The van der Waals surface area contributed by atoms with E-state index in [1.807, 2.05) is 0 Å². The number of amides is 1. The first-order valence-electron chi connectivity index (χ1n) is 8.01. The molecule has 118 valence electrons. The molecule has 0 aromatic rings. The summed E-state index contributed by atoms with van der Waals surface area (Å²) in [6.07, 6.45) is 10.0. The summed E-state index contributed by atoms with van der Waals surface area (Å²) in [5.74, 6) is 0.889. The van der Waals surface area contributed by atoms with Gasteiger partial charge in [-0.25, -0.2) is 0 Å². The summed E-state index contributed by atoms with van der Waals surface area (Å²) in [6, 6.07) is 0. The summed E-state index contributed by atoms with van der Waals surface area (Å²) >= 11 is 0. The lowest BCUT2D eigenvalue weighted by Gasteiger charge is -2.23. The molecule has 0 aromatic heterocycles. The van der Waals surface area contributed by atoms with Gasteiger partial charge in [-0.05, 0) is 25.7 Å². The highest BCUT2D eigenvalue weighted by molar-refractivity contribution is 5.75. The Kier molecular flexibility index (Phi) is 8.15. The average molecular weight is 285 g/mol. The molecule has 1 saturated carbocycles. The Bertz CT molecular complexity index is 273. The van der Waals surface area contributed by atoms with Crippen molar-refractivity contribution in [3.05, 3.63) is 0 Å². The summed E-state index contributed by atoms with van der Waals surface area (Å²) in [5, 5.41) is 12.9. The molecule has 4 heteroatoms. The lowest BCUT2D eigenvalue weighted by Crippen LogP contribution is -2.41. The summed E-state index contributed by atoms with van der Waals surface area (Å²) in [7, 11) is 1.61. The number of carbonyl (C=O) groups excluding carboxylic acids is 1. The van der Waals surface area contributed by atoms with Crippen molar-refractivity contribution < 1.29 is 14.6 Å². The van der Waals surface area contributed by atoms with Crippen LogP contribution in [-0.2, 0) is 9.53 Å². The van der Waals surface area contributed by atoms with Gasteiger partial charge in [-0.15, -0.1) is 0 Å². The van der Waals surface area contributed by atoms with Crippen LogP contribution in [0.2, 0.25) is 0 Å². The Morgan fingerprint density at radius 3 is 2.70 bits per heavy atom. The molecule has 0 aliphatic heterocycles. The fraction of sp³-hybridized carbons (Fsp3) is 0.938. The maximum absolute atomic E-state index is 11.8. The van der Waals surface area contributed by atoms with E-state index in [4.69, 9.17) is 4.74 Å². The van der Waals surface area contributed by atoms with Gasteiger partial charge in [-0.1, -0.05) is 32.1 Å². The van der Waals surface area contributed by atoms with Gasteiger partial charge in [-0.2, -0.15) is 0 Å². The first-order valence-corrected chi connectivity index (χ1v) is 8.01. The first-order chi connectivity index (χ1) is 9.53. The van der Waals surface area contributed by atoms with Crippen molar-refractivity contribution in [2.75, 3.05) is 20.3 Å². The molecule has 20 heavy (non-hydrogen) atoms. The first kappa shape index (κ1) is 17.4. The molecule has 4 nitrogen and oxygen atoms in total. The molecule has 0 bridgehead atoms. The van der Waals surface area contributed by atoms with E-state index in [-0.39, 0.29) is 5.91 Å². The number of hydrogen-bond acceptors (Lipinski definition) is 3. The highest BCUT2D eigenvalue weighted by Crippen LogP contribution is 2.27. The highest BCUT2D eigenvalue weighted by Gasteiger charge is 2.21. The minimum absolute atomic E-state index is 0.0542. The molecule has 1 rings (SSSR count). The van der Waals surface area contributed by atoms with Crippen LogP contribution in [-0.4, -0.2) is 36.9 Å². The summed E-state index contributed by atoms with van der Waals surface area (Å²) in [5.41, 5.74) is -0.880. The topological polar surface area (TPSA) is 58.6 Å². The van der Waals surface area contributed by atoms with Gasteiger partial charge in [0, 0.05) is 33.1 Å². The zero-order valence-electron chi connectivity index (χ0n) is 13.1. The molecule has 0 saturated heterocycles. The predicted molar refractivity (Wildman–Crippen MR) is 80.6 cm³/mol. The maximum Gasteiger partial charge on any atom is 0.220 e. The van der Waals surface area contributed by atoms with Gasteiger partial charge in [0.15, 0.2) is 0 Å². The SMILES string of the molecule is COCCC(C)(O)CNC(=O)CCCC1CCCCC1. The number of nitrogens with one attached hydrogen (secondary N) is 1. The molecule has 1 unspecified atom stereocenters. The lowest BCUT2D eigenvalue weighted by atomic mass is 9.86. The van der Waals surface area contributed by atoms with E-state index in [1.54, 1.807) is 14.0 Å². The number of methoxy groups -OCH3 is 1. The van der Waals surface area contributed by atoms with Crippen LogP contribution in [0.4, 0.5) is 0 Å². The molecule has 1 aliphatic rings. The van der Waals surface area contributed by atoms with Crippen molar-refractivity contribution in [3.63, 3.8) is 0 Å². The third-order valence-electron chi connectivity index (χ3n) is 4.25. The molecule has 0 aromatic carbocycles. The Morgan fingerprint density at radius 1 is 1.35 bits per heavy atom. The van der Waals surface area contributed by atoms with Gasteiger partial charge in [0.25, 0.3) is 0 Å². The van der Waals surface area contributed by atoms with Crippen molar-refractivity contribution in [1.29, 1.82) is 0 Å². The monoisotopic (exact) mass is 285 g/mol. The fourth-order valence-corrected chi connectivity index (χ4v) is 2.81.